The van der Waals surface area contributed by atoms with Crippen molar-refractivity contribution in [2.24, 2.45) is 5.73 Å². The van der Waals surface area contributed by atoms with Gasteiger partial charge >= 0.3 is 0 Å². The highest BCUT2D eigenvalue weighted by Crippen LogP contribution is 2.17. The summed E-state index contributed by atoms with van der Waals surface area (Å²) in [7, 11) is 0. The molecule has 3 nitrogen and oxygen atoms in total. The van der Waals surface area contributed by atoms with Crippen molar-refractivity contribution < 1.29 is 0 Å². The van der Waals surface area contributed by atoms with Crippen LogP contribution in [0, 0.1) is 0 Å². The maximum absolute atomic E-state index is 5.75. The van der Waals surface area contributed by atoms with Crippen LogP contribution in [0.25, 0.3) is 0 Å². The van der Waals surface area contributed by atoms with E-state index in [2.05, 4.69) is 9.97 Å². The molecule has 0 bridgehead atoms. The maximum atomic E-state index is 5.75. The molecule has 0 amide bonds. The molecule has 2 N–H and O–H groups in total. The van der Waals surface area contributed by atoms with E-state index in [4.69, 9.17) is 5.73 Å². The summed E-state index contributed by atoms with van der Waals surface area (Å²) in [4.78, 5) is 8.98. The fourth-order valence-electron chi connectivity index (χ4n) is 1.75. The first kappa shape index (κ1) is 10.9. The molecule has 15 heavy (non-hydrogen) atoms. The first-order chi connectivity index (χ1) is 7.25. The third-order valence-electron chi connectivity index (χ3n) is 2.51. The van der Waals surface area contributed by atoms with Gasteiger partial charge in [-0.25, -0.2) is 9.97 Å². The van der Waals surface area contributed by atoms with Crippen LogP contribution >= 0.6 is 11.8 Å². The number of hydrogen-bond acceptors (Lipinski definition) is 4. The molecule has 2 heterocycles. The van der Waals surface area contributed by atoms with Crippen molar-refractivity contribution in [2.45, 2.75) is 32.2 Å². The van der Waals surface area contributed by atoms with Crippen molar-refractivity contribution in [1.82, 2.24) is 9.97 Å². The summed E-state index contributed by atoms with van der Waals surface area (Å²) in [5.41, 5.74) is 8.32. The molecule has 1 atom stereocenters. The van der Waals surface area contributed by atoms with E-state index >= 15 is 0 Å². The van der Waals surface area contributed by atoms with Crippen LogP contribution in [0.1, 0.15) is 24.0 Å². The zero-order valence-corrected chi connectivity index (χ0v) is 9.89. The van der Waals surface area contributed by atoms with Crippen molar-refractivity contribution in [3.05, 3.63) is 23.3 Å². The average molecular weight is 223 g/mol. The minimum absolute atomic E-state index is 0.142. The van der Waals surface area contributed by atoms with Crippen LogP contribution in [-0.2, 0) is 19.3 Å². The Kier molecular flexibility index (Phi) is 3.59. The Morgan fingerprint density at radius 2 is 2.27 bits per heavy atom. The van der Waals surface area contributed by atoms with E-state index in [9.17, 15) is 0 Å². The number of rotatable bonds is 2. The largest absolute Gasteiger partial charge is 0.328 e. The Labute approximate surface area is 94.9 Å². The molecule has 4 heteroatoms. The SMILES string of the molecule is CC(N)Cc1ncc2c(n1)CCSCC2. The van der Waals surface area contributed by atoms with E-state index in [0.717, 1.165) is 25.1 Å². The van der Waals surface area contributed by atoms with Gasteiger partial charge < -0.3 is 5.73 Å². The Morgan fingerprint density at radius 3 is 3.07 bits per heavy atom. The highest BCUT2D eigenvalue weighted by molar-refractivity contribution is 7.99. The van der Waals surface area contributed by atoms with Crippen molar-refractivity contribution in [3.63, 3.8) is 0 Å². The fraction of sp³-hybridized carbons (Fsp3) is 0.636. The van der Waals surface area contributed by atoms with Gasteiger partial charge in [0.25, 0.3) is 0 Å². The van der Waals surface area contributed by atoms with Crippen LogP contribution in [-0.4, -0.2) is 27.5 Å². The predicted molar refractivity (Wildman–Crippen MR) is 64.1 cm³/mol. The summed E-state index contributed by atoms with van der Waals surface area (Å²) < 4.78 is 0. The van der Waals surface area contributed by atoms with Gasteiger partial charge in [0.2, 0.25) is 0 Å². The second kappa shape index (κ2) is 4.94. The molecular formula is C11H17N3S. The van der Waals surface area contributed by atoms with E-state index in [-0.39, 0.29) is 6.04 Å². The third kappa shape index (κ3) is 2.92. The Bertz CT molecular complexity index is 339. The summed E-state index contributed by atoms with van der Waals surface area (Å²) in [6.07, 6.45) is 4.96. The molecule has 0 aliphatic carbocycles. The zero-order chi connectivity index (χ0) is 10.7. The summed E-state index contributed by atoms with van der Waals surface area (Å²) in [5, 5.41) is 0. The molecule has 0 saturated heterocycles. The number of nitrogens with two attached hydrogens (primary N) is 1. The van der Waals surface area contributed by atoms with Crippen molar-refractivity contribution in [1.29, 1.82) is 0 Å². The predicted octanol–water partition coefficient (Wildman–Crippen LogP) is 1.20. The summed E-state index contributed by atoms with van der Waals surface area (Å²) in [6.45, 7) is 1.99. The van der Waals surface area contributed by atoms with Crippen LogP contribution in [0.2, 0.25) is 0 Å². The molecule has 1 aliphatic heterocycles. The second-order valence-electron chi connectivity index (χ2n) is 4.05. The van der Waals surface area contributed by atoms with Crippen LogP contribution in [0.5, 0.6) is 0 Å². The van der Waals surface area contributed by atoms with Gasteiger partial charge in [-0.15, -0.1) is 0 Å². The minimum atomic E-state index is 0.142. The van der Waals surface area contributed by atoms with E-state index in [0.29, 0.717) is 0 Å². The maximum Gasteiger partial charge on any atom is 0.130 e. The summed E-state index contributed by atoms with van der Waals surface area (Å²) in [6, 6.07) is 0.142. The lowest BCUT2D eigenvalue weighted by Crippen LogP contribution is -2.20. The molecule has 1 aromatic rings. The van der Waals surface area contributed by atoms with Gasteiger partial charge in [0, 0.05) is 24.4 Å². The van der Waals surface area contributed by atoms with E-state index in [1.165, 1.54) is 22.8 Å². The van der Waals surface area contributed by atoms with Crippen LogP contribution < -0.4 is 5.73 Å². The fourth-order valence-corrected chi connectivity index (χ4v) is 2.65. The molecule has 1 aliphatic rings. The van der Waals surface area contributed by atoms with E-state index in [1.807, 2.05) is 24.9 Å². The molecule has 1 aromatic heterocycles. The molecule has 1 unspecified atom stereocenters. The van der Waals surface area contributed by atoms with Crippen LogP contribution in [0.4, 0.5) is 0 Å². The monoisotopic (exact) mass is 223 g/mol. The van der Waals surface area contributed by atoms with Crippen molar-refractivity contribution in [3.8, 4) is 0 Å². The number of nitrogens with zero attached hydrogens (tertiary/aromatic N) is 2. The van der Waals surface area contributed by atoms with Crippen molar-refractivity contribution in [2.75, 3.05) is 11.5 Å². The molecule has 0 fully saturated rings. The highest BCUT2D eigenvalue weighted by atomic mass is 32.2. The molecule has 0 aromatic carbocycles. The van der Waals surface area contributed by atoms with Gasteiger partial charge in [0.05, 0.1) is 0 Å². The van der Waals surface area contributed by atoms with Gasteiger partial charge in [0.1, 0.15) is 5.82 Å². The second-order valence-corrected chi connectivity index (χ2v) is 5.28. The van der Waals surface area contributed by atoms with Crippen LogP contribution in [0.15, 0.2) is 6.20 Å². The molecule has 0 saturated carbocycles. The number of thioether (sulfide) groups is 1. The topological polar surface area (TPSA) is 51.8 Å². The molecule has 82 valence electrons. The Hall–Kier alpha value is -0.610. The minimum Gasteiger partial charge on any atom is -0.328 e. The van der Waals surface area contributed by atoms with Gasteiger partial charge in [-0.05, 0) is 36.8 Å². The number of fused-ring (bicyclic) bond motifs is 1. The third-order valence-corrected chi connectivity index (χ3v) is 3.49. The lowest BCUT2D eigenvalue weighted by molar-refractivity contribution is 0.693. The van der Waals surface area contributed by atoms with Gasteiger partial charge in [-0.1, -0.05) is 0 Å². The lowest BCUT2D eigenvalue weighted by Gasteiger charge is -2.08. The quantitative estimate of drug-likeness (QED) is 0.818. The molecular weight excluding hydrogens is 206 g/mol. The first-order valence-electron chi connectivity index (χ1n) is 5.42. The number of hydrogen-bond donors (Lipinski definition) is 1. The Morgan fingerprint density at radius 1 is 1.47 bits per heavy atom. The lowest BCUT2D eigenvalue weighted by atomic mass is 10.1. The standard InChI is InChI=1S/C11H17N3S/c1-8(12)6-11-13-7-9-2-4-15-5-3-10(9)14-11/h7-8H,2-6,12H2,1H3. The highest BCUT2D eigenvalue weighted by Gasteiger charge is 2.11. The van der Waals surface area contributed by atoms with Gasteiger partial charge in [-0.3, -0.25) is 0 Å². The average Bonchev–Trinajstić information content (AvgIpc) is 2.41. The smallest absolute Gasteiger partial charge is 0.130 e. The molecule has 2 rings (SSSR count). The zero-order valence-electron chi connectivity index (χ0n) is 9.07. The normalized spacial score (nSPS) is 18.0. The van der Waals surface area contributed by atoms with E-state index < -0.39 is 0 Å². The van der Waals surface area contributed by atoms with Gasteiger partial charge in [0.15, 0.2) is 0 Å². The molecule has 0 spiro atoms. The Balaban J connectivity index is 2.20. The van der Waals surface area contributed by atoms with Crippen molar-refractivity contribution >= 4 is 11.8 Å². The summed E-state index contributed by atoms with van der Waals surface area (Å²) >= 11 is 2.00. The molecule has 0 radical (unpaired) electrons. The van der Waals surface area contributed by atoms with Gasteiger partial charge in [-0.2, -0.15) is 11.8 Å². The van der Waals surface area contributed by atoms with E-state index in [1.54, 1.807) is 0 Å². The van der Waals surface area contributed by atoms with Crippen LogP contribution in [0.3, 0.4) is 0 Å². The number of aromatic nitrogens is 2. The number of aryl methyl sites for hydroxylation is 2. The first-order valence-corrected chi connectivity index (χ1v) is 6.58. The summed E-state index contributed by atoms with van der Waals surface area (Å²) in [5.74, 6) is 3.28.